The van der Waals surface area contributed by atoms with Gasteiger partial charge in [0.15, 0.2) is 0 Å². The van der Waals surface area contributed by atoms with Crippen LogP contribution in [0.3, 0.4) is 0 Å². The summed E-state index contributed by atoms with van der Waals surface area (Å²) in [7, 11) is 0. The van der Waals surface area contributed by atoms with Crippen LogP contribution in [0.25, 0.3) is 0 Å². The van der Waals surface area contributed by atoms with Gasteiger partial charge in [-0.25, -0.2) is 0 Å². The lowest BCUT2D eigenvalue weighted by molar-refractivity contribution is -0.141. The van der Waals surface area contributed by atoms with E-state index in [4.69, 9.17) is 23.2 Å². The van der Waals surface area contributed by atoms with Crippen molar-refractivity contribution in [2.75, 3.05) is 0 Å². The molecule has 4 aromatic rings. The number of rotatable bonds is 11. The summed E-state index contributed by atoms with van der Waals surface area (Å²) in [4.78, 5) is 30.3. The molecule has 5 rings (SSSR count). The van der Waals surface area contributed by atoms with Crippen molar-refractivity contribution in [2.45, 2.75) is 63.1 Å². The first kappa shape index (κ1) is 29.9. The van der Waals surface area contributed by atoms with E-state index in [0.717, 1.165) is 42.4 Å². The number of carbonyl (C=O) groups is 2. The molecule has 0 unspecified atom stereocenters. The molecular weight excluding hydrogens is 563 g/mol. The lowest BCUT2D eigenvalue weighted by atomic mass is 9.87. The number of halogens is 2. The van der Waals surface area contributed by atoms with Crippen molar-refractivity contribution in [3.05, 3.63) is 141 Å². The van der Waals surface area contributed by atoms with E-state index >= 15 is 0 Å². The molecule has 4 aromatic carbocycles. The van der Waals surface area contributed by atoms with Gasteiger partial charge in [-0.2, -0.15) is 0 Å². The zero-order valence-corrected chi connectivity index (χ0v) is 25.1. The Hall–Kier alpha value is -3.60. The Kier molecular flexibility index (Phi) is 10.3. The number of hydrogen-bond acceptors (Lipinski definition) is 2. The third-order valence-corrected chi connectivity index (χ3v) is 8.85. The summed E-state index contributed by atoms with van der Waals surface area (Å²) in [5, 5.41) is 4.21. The molecule has 0 spiro atoms. The second kappa shape index (κ2) is 14.5. The fraction of sp³-hybridized carbons (Fsp3) is 0.278. The summed E-state index contributed by atoms with van der Waals surface area (Å²) in [6.45, 7) is 0.128. The highest BCUT2D eigenvalue weighted by atomic mass is 35.5. The van der Waals surface area contributed by atoms with E-state index in [1.54, 1.807) is 23.1 Å². The van der Waals surface area contributed by atoms with Crippen LogP contribution in [0.1, 0.15) is 60.3 Å². The molecule has 216 valence electrons. The Morgan fingerprint density at radius 2 is 1.26 bits per heavy atom. The molecule has 1 fully saturated rings. The highest BCUT2D eigenvalue weighted by Crippen LogP contribution is 2.32. The third kappa shape index (κ3) is 7.61. The van der Waals surface area contributed by atoms with E-state index in [-0.39, 0.29) is 36.7 Å². The molecule has 0 aliphatic heterocycles. The predicted octanol–water partition coefficient (Wildman–Crippen LogP) is 8.21. The van der Waals surface area contributed by atoms with Gasteiger partial charge in [-0.1, -0.05) is 133 Å². The maximum atomic E-state index is 14.6. The lowest BCUT2D eigenvalue weighted by Gasteiger charge is -2.34. The van der Waals surface area contributed by atoms with Crippen molar-refractivity contribution in [1.82, 2.24) is 10.2 Å². The molecule has 4 nitrogen and oxygen atoms in total. The first-order chi connectivity index (χ1) is 20.5. The van der Waals surface area contributed by atoms with Crippen molar-refractivity contribution < 1.29 is 9.59 Å². The summed E-state index contributed by atoms with van der Waals surface area (Å²) in [5.41, 5.74) is 3.71. The zero-order valence-electron chi connectivity index (χ0n) is 23.6. The van der Waals surface area contributed by atoms with E-state index in [1.165, 1.54) is 0 Å². The SMILES string of the molecule is O=C(NC1CCCC1)[C@@H](Cc1ccccc1)N(Cc1c(Cl)cccc1Cl)C(=O)CC(c1ccccc1)c1ccccc1. The Labute approximate surface area is 258 Å². The molecule has 2 amide bonds. The van der Waals surface area contributed by atoms with Crippen molar-refractivity contribution in [1.29, 1.82) is 0 Å². The fourth-order valence-electron chi connectivity index (χ4n) is 5.87. The molecule has 0 radical (unpaired) electrons. The highest BCUT2D eigenvalue weighted by Gasteiger charge is 2.34. The molecule has 6 heteroatoms. The molecule has 0 bridgehead atoms. The molecule has 1 saturated carbocycles. The maximum absolute atomic E-state index is 14.6. The van der Waals surface area contributed by atoms with E-state index in [0.29, 0.717) is 22.0 Å². The number of carbonyl (C=O) groups excluding carboxylic acids is 2. The first-order valence-electron chi connectivity index (χ1n) is 14.7. The topological polar surface area (TPSA) is 49.4 Å². The number of nitrogens with one attached hydrogen (secondary N) is 1. The van der Waals surface area contributed by atoms with Crippen molar-refractivity contribution in [3.63, 3.8) is 0 Å². The van der Waals surface area contributed by atoms with Crippen molar-refractivity contribution >= 4 is 35.0 Å². The Morgan fingerprint density at radius 3 is 1.81 bits per heavy atom. The molecule has 1 aliphatic rings. The summed E-state index contributed by atoms with van der Waals surface area (Å²) >= 11 is 13.3. The minimum Gasteiger partial charge on any atom is -0.352 e. The molecule has 0 saturated heterocycles. The van der Waals surface area contributed by atoms with Gasteiger partial charge in [0.1, 0.15) is 6.04 Å². The second-order valence-electron chi connectivity index (χ2n) is 11.0. The van der Waals surface area contributed by atoms with Crippen LogP contribution < -0.4 is 5.32 Å². The van der Waals surface area contributed by atoms with E-state index in [2.05, 4.69) is 29.6 Å². The zero-order chi connectivity index (χ0) is 29.3. The smallest absolute Gasteiger partial charge is 0.243 e. The first-order valence-corrected chi connectivity index (χ1v) is 15.4. The second-order valence-corrected chi connectivity index (χ2v) is 11.8. The van der Waals surface area contributed by atoms with Crippen LogP contribution >= 0.6 is 23.2 Å². The molecule has 42 heavy (non-hydrogen) atoms. The number of nitrogens with zero attached hydrogens (tertiary/aromatic N) is 1. The van der Waals surface area contributed by atoms with Crippen LogP contribution in [-0.4, -0.2) is 28.8 Å². The van der Waals surface area contributed by atoms with Gasteiger partial charge >= 0.3 is 0 Å². The van der Waals surface area contributed by atoms with Crippen LogP contribution in [0.5, 0.6) is 0 Å². The van der Waals surface area contributed by atoms with E-state index in [1.807, 2.05) is 66.7 Å². The molecule has 0 aromatic heterocycles. The molecular formula is C36H36Cl2N2O2. The average molecular weight is 600 g/mol. The monoisotopic (exact) mass is 598 g/mol. The maximum Gasteiger partial charge on any atom is 0.243 e. The van der Waals surface area contributed by atoms with E-state index < -0.39 is 6.04 Å². The third-order valence-electron chi connectivity index (χ3n) is 8.15. The predicted molar refractivity (Wildman–Crippen MR) is 171 cm³/mol. The van der Waals surface area contributed by atoms with Crippen molar-refractivity contribution in [2.24, 2.45) is 0 Å². The minimum atomic E-state index is -0.736. The Morgan fingerprint density at radius 1 is 0.738 bits per heavy atom. The van der Waals surface area contributed by atoms with Gasteiger partial charge in [-0.05, 0) is 41.7 Å². The molecule has 0 heterocycles. The average Bonchev–Trinajstić information content (AvgIpc) is 3.53. The number of hydrogen-bond donors (Lipinski definition) is 1. The Balaban J connectivity index is 1.54. The van der Waals surface area contributed by atoms with Gasteiger partial charge in [0, 0.05) is 47.0 Å². The normalized spacial score (nSPS) is 14.1. The quantitative estimate of drug-likeness (QED) is 0.189. The summed E-state index contributed by atoms with van der Waals surface area (Å²) in [6, 6.07) is 34.7. The standard InChI is InChI=1S/C36H36Cl2N2O2/c37-32-21-12-22-33(38)31(32)25-40(34(23-26-13-4-1-5-14-26)36(42)39-29-19-10-11-20-29)35(41)24-30(27-15-6-2-7-16-27)28-17-8-3-9-18-28/h1-9,12-18,21-22,29-30,34H,10-11,19-20,23-25H2,(H,39,42)/t34-/m1/s1. The molecule has 1 atom stereocenters. The van der Waals surface area contributed by atoms with Crippen LogP contribution in [0.4, 0.5) is 0 Å². The summed E-state index contributed by atoms with van der Waals surface area (Å²) < 4.78 is 0. The largest absolute Gasteiger partial charge is 0.352 e. The van der Waals surface area contributed by atoms with Crippen LogP contribution in [0.15, 0.2) is 109 Å². The van der Waals surface area contributed by atoms with Gasteiger partial charge in [-0.3, -0.25) is 9.59 Å². The van der Waals surface area contributed by atoms with Crippen molar-refractivity contribution in [3.8, 4) is 0 Å². The van der Waals surface area contributed by atoms with E-state index in [9.17, 15) is 9.59 Å². The lowest BCUT2D eigenvalue weighted by Crippen LogP contribution is -2.52. The van der Waals surface area contributed by atoms with Gasteiger partial charge in [-0.15, -0.1) is 0 Å². The summed E-state index contributed by atoms with van der Waals surface area (Å²) in [6.07, 6.45) is 4.69. The van der Waals surface area contributed by atoms with Gasteiger partial charge < -0.3 is 10.2 Å². The van der Waals surface area contributed by atoms with Crippen LogP contribution in [-0.2, 0) is 22.6 Å². The minimum absolute atomic E-state index is 0.123. The molecule has 1 N–H and O–H groups in total. The number of amides is 2. The van der Waals surface area contributed by atoms with Gasteiger partial charge in [0.25, 0.3) is 0 Å². The van der Waals surface area contributed by atoms with Gasteiger partial charge in [0.05, 0.1) is 0 Å². The van der Waals surface area contributed by atoms with Gasteiger partial charge in [0.2, 0.25) is 11.8 Å². The Bertz CT molecular complexity index is 1400. The molecule has 1 aliphatic carbocycles. The fourth-order valence-corrected chi connectivity index (χ4v) is 6.38. The number of benzene rings is 4. The highest BCUT2D eigenvalue weighted by molar-refractivity contribution is 6.36. The van der Waals surface area contributed by atoms with Crippen LogP contribution in [0.2, 0.25) is 10.0 Å². The summed E-state index contributed by atoms with van der Waals surface area (Å²) in [5.74, 6) is -0.455. The van der Waals surface area contributed by atoms with Crippen LogP contribution in [0, 0.1) is 0 Å².